The Morgan fingerprint density at radius 2 is 2.31 bits per heavy atom. The maximum Gasteiger partial charge on any atom is 0.329 e. The molecule has 6 heteroatoms. The van der Waals surface area contributed by atoms with Crippen LogP contribution in [0.25, 0.3) is 0 Å². The summed E-state index contributed by atoms with van der Waals surface area (Å²) in [6.07, 6.45) is 1.59. The van der Waals surface area contributed by atoms with Crippen LogP contribution >= 0.6 is 0 Å². The average Bonchev–Trinajstić information content (AvgIpc) is 2.15. The number of aliphatic imine (C=N–C) groups is 1. The number of aromatic nitrogens is 2. The Morgan fingerprint density at radius 1 is 1.54 bits per heavy atom. The fraction of sp³-hybridized carbons (Fsp3) is 0.286. The van der Waals surface area contributed by atoms with E-state index in [1.165, 1.54) is 4.57 Å². The van der Waals surface area contributed by atoms with Crippen LogP contribution in [0.2, 0.25) is 0 Å². The minimum Gasteiger partial charge on any atom is -0.364 e. The maximum atomic E-state index is 11.2. The van der Waals surface area contributed by atoms with Crippen molar-refractivity contribution in [1.29, 1.82) is 0 Å². The molecule has 0 aliphatic carbocycles. The van der Waals surface area contributed by atoms with Crippen LogP contribution in [-0.4, -0.2) is 22.3 Å². The predicted octanol–water partition coefficient (Wildman–Crippen LogP) is -0.799. The second kappa shape index (κ2) is 2.58. The number of fused-ring (bicyclic) bond motifs is 1. The molecule has 0 fully saturated rings. The zero-order chi connectivity index (χ0) is 9.42. The molecule has 0 atom stereocenters. The number of H-pyrrole nitrogens is 1. The van der Waals surface area contributed by atoms with Crippen molar-refractivity contribution < 1.29 is 0 Å². The van der Waals surface area contributed by atoms with Crippen LogP contribution in [0, 0.1) is 0 Å². The topological polar surface area (TPSA) is 79.2 Å². The fourth-order valence-electron chi connectivity index (χ4n) is 1.21. The van der Waals surface area contributed by atoms with Crippen molar-refractivity contribution >= 4 is 17.7 Å². The Labute approximate surface area is 72.9 Å². The molecule has 0 amide bonds. The van der Waals surface area contributed by atoms with Gasteiger partial charge in [0, 0.05) is 13.3 Å². The number of anilines is 1. The van der Waals surface area contributed by atoms with Gasteiger partial charge < -0.3 is 5.32 Å². The first-order valence-corrected chi connectivity index (χ1v) is 3.80. The Bertz CT molecular complexity index is 482. The third kappa shape index (κ3) is 1.07. The first-order valence-electron chi connectivity index (χ1n) is 3.80. The lowest BCUT2D eigenvalue weighted by atomic mass is 10.4. The number of nitrogens with one attached hydrogen (secondary N) is 2. The quantitative estimate of drug-likeness (QED) is 0.548. The first-order chi connectivity index (χ1) is 6.20. The van der Waals surface area contributed by atoms with E-state index in [-0.39, 0.29) is 5.69 Å². The van der Waals surface area contributed by atoms with Crippen LogP contribution in [0.4, 0.5) is 11.5 Å². The van der Waals surface area contributed by atoms with Crippen molar-refractivity contribution in [1.82, 2.24) is 9.55 Å². The molecule has 0 radical (unpaired) electrons. The zero-order valence-corrected chi connectivity index (χ0v) is 7.00. The third-order valence-corrected chi connectivity index (χ3v) is 1.88. The van der Waals surface area contributed by atoms with Gasteiger partial charge in [-0.1, -0.05) is 0 Å². The second-order valence-corrected chi connectivity index (χ2v) is 2.71. The smallest absolute Gasteiger partial charge is 0.329 e. The monoisotopic (exact) mass is 180 g/mol. The molecule has 2 rings (SSSR count). The SMILES string of the molecule is Cn1c2c(c(=O)[nH]c1=O)N=CCN2. The van der Waals surface area contributed by atoms with Gasteiger partial charge in [0.25, 0.3) is 5.56 Å². The number of hydrogen-bond donors (Lipinski definition) is 2. The van der Waals surface area contributed by atoms with E-state index in [2.05, 4.69) is 15.3 Å². The van der Waals surface area contributed by atoms with Gasteiger partial charge in [-0.2, -0.15) is 0 Å². The van der Waals surface area contributed by atoms with Gasteiger partial charge in [-0.25, -0.2) is 9.79 Å². The number of hydrogen-bond acceptors (Lipinski definition) is 4. The Balaban J connectivity index is 2.87. The minimum atomic E-state index is -0.457. The van der Waals surface area contributed by atoms with Crippen molar-refractivity contribution in [2.75, 3.05) is 11.9 Å². The highest BCUT2D eigenvalue weighted by Gasteiger charge is 2.12. The third-order valence-electron chi connectivity index (χ3n) is 1.88. The van der Waals surface area contributed by atoms with Crippen LogP contribution in [0.1, 0.15) is 0 Å². The van der Waals surface area contributed by atoms with Gasteiger partial charge in [0.05, 0.1) is 6.54 Å². The van der Waals surface area contributed by atoms with Crippen LogP contribution in [0.3, 0.4) is 0 Å². The molecule has 1 aliphatic heterocycles. The van der Waals surface area contributed by atoms with Gasteiger partial charge in [-0.05, 0) is 0 Å². The van der Waals surface area contributed by atoms with Crippen LogP contribution in [-0.2, 0) is 7.05 Å². The molecule has 2 heterocycles. The van der Waals surface area contributed by atoms with Gasteiger partial charge in [-0.3, -0.25) is 14.3 Å². The molecule has 0 bridgehead atoms. The van der Waals surface area contributed by atoms with Crippen molar-refractivity contribution in [3.05, 3.63) is 20.8 Å². The van der Waals surface area contributed by atoms with Gasteiger partial charge in [0.15, 0.2) is 5.69 Å². The predicted molar refractivity (Wildman–Crippen MR) is 48.9 cm³/mol. The van der Waals surface area contributed by atoms with E-state index in [9.17, 15) is 9.59 Å². The average molecular weight is 180 g/mol. The van der Waals surface area contributed by atoms with E-state index >= 15 is 0 Å². The Morgan fingerprint density at radius 3 is 3.08 bits per heavy atom. The highest BCUT2D eigenvalue weighted by atomic mass is 16.2. The normalized spacial score (nSPS) is 13.6. The number of nitrogens with zero attached hydrogens (tertiary/aromatic N) is 2. The summed E-state index contributed by atoms with van der Waals surface area (Å²) in [4.78, 5) is 28.4. The minimum absolute atomic E-state index is 0.258. The molecule has 0 spiro atoms. The van der Waals surface area contributed by atoms with E-state index < -0.39 is 11.2 Å². The molecule has 13 heavy (non-hydrogen) atoms. The number of aromatic amines is 1. The number of rotatable bonds is 0. The van der Waals surface area contributed by atoms with E-state index in [0.29, 0.717) is 12.4 Å². The summed E-state index contributed by atoms with van der Waals surface area (Å²) in [5, 5.41) is 2.91. The molecule has 1 aliphatic rings. The Hall–Kier alpha value is -1.85. The summed E-state index contributed by atoms with van der Waals surface area (Å²) >= 11 is 0. The van der Waals surface area contributed by atoms with Gasteiger partial charge in [0.1, 0.15) is 5.82 Å². The van der Waals surface area contributed by atoms with E-state index in [1.54, 1.807) is 13.3 Å². The molecule has 0 saturated carbocycles. The second-order valence-electron chi connectivity index (χ2n) is 2.71. The lowest BCUT2D eigenvalue weighted by Crippen LogP contribution is -2.31. The van der Waals surface area contributed by atoms with E-state index in [1.807, 2.05) is 0 Å². The summed E-state index contributed by atoms with van der Waals surface area (Å²) in [6, 6.07) is 0. The molecular weight excluding hydrogens is 172 g/mol. The van der Waals surface area contributed by atoms with E-state index in [4.69, 9.17) is 0 Å². The highest BCUT2D eigenvalue weighted by molar-refractivity contribution is 5.77. The molecule has 0 unspecified atom stereocenters. The highest BCUT2D eigenvalue weighted by Crippen LogP contribution is 2.18. The molecule has 1 aromatic heterocycles. The molecule has 2 N–H and O–H groups in total. The van der Waals surface area contributed by atoms with Crippen LogP contribution in [0.5, 0.6) is 0 Å². The standard InChI is InChI=1S/C7H8N4O2/c1-11-5-4(8-2-3-9-5)6(12)10-7(11)13/h2,9H,3H2,1H3,(H,10,12,13). The Kier molecular flexibility index (Phi) is 1.54. The zero-order valence-electron chi connectivity index (χ0n) is 7.00. The molecular formula is C7H8N4O2. The van der Waals surface area contributed by atoms with Crippen molar-refractivity contribution in [2.24, 2.45) is 12.0 Å². The van der Waals surface area contributed by atoms with Crippen LogP contribution < -0.4 is 16.6 Å². The molecule has 6 nitrogen and oxygen atoms in total. The first kappa shape index (κ1) is 7.78. The molecule has 0 aromatic carbocycles. The van der Waals surface area contributed by atoms with Gasteiger partial charge in [-0.15, -0.1) is 0 Å². The van der Waals surface area contributed by atoms with Gasteiger partial charge in [0.2, 0.25) is 0 Å². The van der Waals surface area contributed by atoms with Crippen molar-refractivity contribution in [2.45, 2.75) is 0 Å². The molecule has 0 saturated heterocycles. The molecule has 68 valence electrons. The lowest BCUT2D eigenvalue weighted by Gasteiger charge is -2.13. The maximum absolute atomic E-state index is 11.2. The summed E-state index contributed by atoms with van der Waals surface area (Å²) < 4.78 is 1.33. The van der Waals surface area contributed by atoms with Crippen LogP contribution in [0.15, 0.2) is 14.6 Å². The summed E-state index contributed by atoms with van der Waals surface area (Å²) in [7, 11) is 1.57. The fourth-order valence-corrected chi connectivity index (χ4v) is 1.21. The summed E-state index contributed by atoms with van der Waals surface area (Å²) in [6.45, 7) is 0.531. The van der Waals surface area contributed by atoms with Gasteiger partial charge >= 0.3 is 5.69 Å². The van der Waals surface area contributed by atoms with Crippen molar-refractivity contribution in [3.63, 3.8) is 0 Å². The summed E-state index contributed by atoms with van der Waals surface area (Å²) in [5.41, 5.74) is -0.636. The molecule has 1 aromatic rings. The summed E-state index contributed by atoms with van der Waals surface area (Å²) in [5.74, 6) is 0.469. The lowest BCUT2D eigenvalue weighted by molar-refractivity contribution is 0.803. The van der Waals surface area contributed by atoms with Crippen molar-refractivity contribution in [3.8, 4) is 0 Å². The largest absolute Gasteiger partial charge is 0.364 e. The van der Waals surface area contributed by atoms with E-state index in [0.717, 1.165) is 0 Å².